The molecule has 3 nitrogen and oxygen atoms in total. The number of rotatable bonds is 3. The van der Waals surface area contributed by atoms with E-state index in [9.17, 15) is 8.42 Å². The van der Waals surface area contributed by atoms with E-state index in [1.165, 1.54) is 0 Å². The fourth-order valence-corrected chi connectivity index (χ4v) is 2.14. The molecule has 0 aliphatic carbocycles. The fourth-order valence-electron chi connectivity index (χ4n) is 0.938. The van der Waals surface area contributed by atoms with Crippen LogP contribution in [0.5, 0.6) is 0 Å². The molecular weight excluding hydrogens is 325 g/mol. The van der Waals surface area contributed by atoms with Crippen molar-refractivity contribution in [3.8, 4) is 0 Å². The molecule has 0 aliphatic heterocycles. The molecule has 0 saturated carbocycles. The van der Waals surface area contributed by atoms with Crippen LogP contribution in [-0.4, -0.2) is 13.7 Å². The summed E-state index contributed by atoms with van der Waals surface area (Å²) in [7, 11) is -3.23. The lowest BCUT2D eigenvalue weighted by atomic mass is 10.2. The third-order valence-corrected chi connectivity index (χ3v) is 4.98. The Morgan fingerprint density at radius 2 is 1.93 bits per heavy atom. The molecule has 0 fully saturated rings. The molecule has 0 bridgehead atoms. The first-order valence-corrected chi connectivity index (χ1v) is 7.23. The molecule has 0 aromatic heterocycles. The molecule has 0 amide bonds. The van der Waals surface area contributed by atoms with Gasteiger partial charge in [0.15, 0.2) is 0 Å². The minimum absolute atomic E-state index is 0.420. The number of hydrogen-bond acceptors (Lipinski definition) is 2. The highest BCUT2D eigenvalue weighted by Gasteiger charge is 2.15. The number of hydrogen-bond donors (Lipinski definition) is 1. The van der Waals surface area contributed by atoms with Gasteiger partial charge in [-0.1, -0.05) is 6.07 Å². The van der Waals surface area contributed by atoms with Crippen molar-refractivity contribution >= 4 is 38.3 Å². The van der Waals surface area contributed by atoms with Crippen molar-refractivity contribution in [2.45, 2.75) is 26.0 Å². The van der Waals surface area contributed by atoms with E-state index in [4.69, 9.17) is 0 Å². The SMILES string of the molecule is Cc1ccc(NS(=O)(=O)C(C)C)cc1I. The predicted octanol–water partition coefficient (Wildman–Crippen LogP) is 2.75. The topological polar surface area (TPSA) is 46.2 Å². The number of nitrogens with one attached hydrogen (secondary N) is 1. The second kappa shape index (κ2) is 4.69. The maximum absolute atomic E-state index is 11.6. The van der Waals surface area contributed by atoms with Crippen LogP contribution in [0.4, 0.5) is 5.69 Å². The Balaban J connectivity index is 2.96. The smallest absolute Gasteiger partial charge is 0.235 e. The Morgan fingerprint density at radius 1 is 1.33 bits per heavy atom. The van der Waals surface area contributed by atoms with Crippen LogP contribution in [0.2, 0.25) is 0 Å². The van der Waals surface area contributed by atoms with Crippen molar-refractivity contribution in [3.63, 3.8) is 0 Å². The summed E-state index contributed by atoms with van der Waals surface area (Å²) in [5.41, 5.74) is 1.77. The molecule has 0 spiro atoms. The Hall–Kier alpha value is -0.300. The summed E-state index contributed by atoms with van der Waals surface area (Å²) in [6.45, 7) is 5.30. The van der Waals surface area contributed by atoms with Crippen molar-refractivity contribution in [2.75, 3.05) is 4.72 Å². The lowest BCUT2D eigenvalue weighted by Gasteiger charge is -2.11. The van der Waals surface area contributed by atoms with Gasteiger partial charge in [-0.25, -0.2) is 8.42 Å². The number of sulfonamides is 1. The summed E-state index contributed by atoms with van der Waals surface area (Å²) in [6.07, 6.45) is 0. The monoisotopic (exact) mass is 339 g/mol. The molecule has 1 rings (SSSR count). The van der Waals surface area contributed by atoms with Crippen LogP contribution in [0.1, 0.15) is 19.4 Å². The van der Waals surface area contributed by atoms with Crippen molar-refractivity contribution in [1.29, 1.82) is 0 Å². The van der Waals surface area contributed by atoms with Gasteiger partial charge in [-0.15, -0.1) is 0 Å². The number of benzene rings is 1. The zero-order valence-corrected chi connectivity index (χ0v) is 11.9. The first kappa shape index (κ1) is 12.8. The molecule has 84 valence electrons. The summed E-state index contributed by atoms with van der Waals surface area (Å²) in [4.78, 5) is 0. The van der Waals surface area contributed by atoms with Crippen molar-refractivity contribution in [3.05, 3.63) is 27.3 Å². The average molecular weight is 339 g/mol. The van der Waals surface area contributed by atoms with Crippen LogP contribution in [0.3, 0.4) is 0 Å². The van der Waals surface area contributed by atoms with E-state index in [1.54, 1.807) is 19.9 Å². The highest BCUT2D eigenvalue weighted by atomic mass is 127. The molecule has 1 aromatic carbocycles. The first-order chi connectivity index (χ1) is 6.83. The summed E-state index contributed by atoms with van der Waals surface area (Å²) < 4.78 is 26.8. The molecule has 1 N–H and O–H groups in total. The predicted molar refractivity (Wildman–Crippen MR) is 71.6 cm³/mol. The molecular formula is C10H14INO2S. The van der Waals surface area contributed by atoms with Gasteiger partial charge in [0.25, 0.3) is 0 Å². The fraction of sp³-hybridized carbons (Fsp3) is 0.400. The van der Waals surface area contributed by atoms with E-state index in [0.717, 1.165) is 9.13 Å². The van der Waals surface area contributed by atoms with Gasteiger partial charge in [0, 0.05) is 9.26 Å². The van der Waals surface area contributed by atoms with Gasteiger partial charge in [0.2, 0.25) is 10.0 Å². The molecule has 0 heterocycles. The van der Waals surface area contributed by atoms with Gasteiger partial charge in [-0.2, -0.15) is 0 Å². The Morgan fingerprint density at radius 3 is 2.40 bits per heavy atom. The van der Waals surface area contributed by atoms with E-state index in [1.807, 2.05) is 19.1 Å². The van der Waals surface area contributed by atoms with Crippen LogP contribution < -0.4 is 4.72 Å². The van der Waals surface area contributed by atoms with Crippen LogP contribution >= 0.6 is 22.6 Å². The standard InChI is InChI=1S/C10H14INO2S/c1-7(2)15(13,14)12-9-5-4-8(3)10(11)6-9/h4-7,12H,1-3H3. The number of aryl methyl sites for hydroxylation is 1. The van der Waals surface area contributed by atoms with Crippen molar-refractivity contribution in [2.24, 2.45) is 0 Å². The van der Waals surface area contributed by atoms with Gasteiger partial charge in [0.1, 0.15) is 0 Å². The second-order valence-electron chi connectivity index (χ2n) is 3.66. The molecule has 0 atom stereocenters. The van der Waals surface area contributed by atoms with E-state index in [2.05, 4.69) is 27.3 Å². The van der Waals surface area contributed by atoms with Gasteiger partial charge in [-0.05, 0) is 61.1 Å². The Labute approximate surface area is 104 Å². The Bertz CT molecular complexity index is 454. The summed E-state index contributed by atoms with van der Waals surface area (Å²) >= 11 is 2.18. The van der Waals surface area contributed by atoms with Crippen LogP contribution in [-0.2, 0) is 10.0 Å². The molecule has 0 aliphatic rings. The largest absolute Gasteiger partial charge is 0.283 e. The lowest BCUT2D eigenvalue weighted by molar-refractivity contribution is 0.593. The average Bonchev–Trinajstić information content (AvgIpc) is 2.10. The normalized spacial score (nSPS) is 11.8. The minimum atomic E-state index is -3.23. The summed E-state index contributed by atoms with van der Waals surface area (Å²) in [5, 5.41) is -0.420. The number of halogens is 1. The van der Waals surface area contributed by atoms with E-state index < -0.39 is 15.3 Å². The maximum atomic E-state index is 11.6. The second-order valence-corrected chi connectivity index (χ2v) is 7.06. The molecule has 1 aromatic rings. The summed E-state index contributed by atoms with van der Waals surface area (Å²) in [6, 6.07) is 5.51. The highest BCUT2D eigenvalue weighted by Crippen LogP contribution is 2.18. The molecule has 0 radical (unpaired) electrons. The number of anilines is 1. The molecule has 0 saturated heterocycles. The van der Waals surface area contributed by atoms with Crippen molar-refractivity contribution in [1.82, 2.24) is 0 Å². The summed E-state index contributed by atoms with van der Waals surface area (Å²) in [5.74, 6) is 0. The third kappa shape index (κ3) is 3.34. The van der Waals surface area contributed by atoms with Crippen molar-refractivity contribution < 1.29 is 8.42 Å². The van der Waals surface area contributed by atoms with Gasteiger partial charge >= 0.3 is 0 Å². The lowest BCUT2D eigenvalue weighted by Crippen LogP contribution is -2.22. The van der Waals surface area contributed by atoms with E-state index in [-0.39, 0.29) is 0 Å². The van der Waals surface area contributed by atoms with E-state index in [0.29, 0.717) is 5.69 Å². The highest BCUT2D eigenvalue weighted by molar-refractivity contribution is 14.1. The molecule has 15 heavy (non-hydrogen) atoms. The minimum Gasteiger partial charge on any atom is -0.283 e. The van der Waals surface area contributed by atoms with E-state index >= 15 is 0 Å². The van der Waals surface area contributed by atoms with Crippen LogP contribution in [0.25, 0.3) is 0 Å². The van der Waals surface area contributed by atoms with Crippen LogP contribution in [0, 0.1) is 10.5 Å². The van der Waals surface area contributed by atoms with Gasteiger partial charge in [-0.3, -0.25) is 4.72 Å². The zero-order chi connectivity index (χ0) is 11.6. The molecule has 5 heteroatoms. The zero-order valence-electron chi connectivity index (χ0n) is 8.91. The first-order valence-electron chi connectivity index (χ1n) is 4.60. The van der Waals surface area contributed by atoms with Crippen LogP contribution in [0.15, 0.2) is 18.2 Å². The maximum Gasteiger partial charge on any atom is 0.235 e. The van der Waals surface area contributed by atoms with Gasteiger partial charge < -0.3 is 0 Å². The van der Waals surface area contributed by atoms with Gasteiger partial charge in [0.05, 0.1) is 5.25 Å². The molecule has 0 unspecified atom stereocenters. The third-order valence-electron chi connectivity index (χ3n) is 2.05. The quantitative estimate of drug-likeness (QED) is 0.861. The Kier molecular flexibility index (Phi) is 3.99.